The summed E-state index contributed by atoms with van der Waals surface area (Å²) in [7, 11) is -3.86. The first-order valence-electron chi connectivity index (χ1n) is 11.2. The Balaban J connectivity index is 1.43. The number of nitrogens with one attached hydrogen (secondary N) is 1. The Morgan fingerprint density at radius 2 is 2.05 bits per heavy atom. The van der Waals surface area contributed by atoms with Crippen molar-refractivity contribution >= 4 is 30.5 Å². The van der Waals surface area contributed by atoms with Crippen molar-refractivity contribution in [2.45, 2.75) is 38.8 Å². The lowest BCUT2D eigenvalue weighted by Gasteiger charge is -2.24. The van der Waals surface area contributed by atoms with E-state index in [0.717, 1.165) is 6.08 Å². The molecule has 3 aromatic rings. The number of nitrogens with zero attached hydrogens (tertiary/aromatic N) is 4. The lowest BCUT2D eigenvalue weighted by Crippen LogP contribution is -2.36. The molecule has 0 saturated heterocycles. The van der Waals surface area contributed by atoms with Crippen molar-refractivity contribution in [2.75, 3.05) is 18.7 Å². The maximum absolute atomic E-state index is 14.7. The van der Waals surface area contributed by atoms with Gasteiger partial charge in [0.1, 0.15) is 29.2 Å². The molecule has 15 heteroatoms. The lowest BCUT2D eigenvalue weighted by molar-refractivity contribution is -0.144. The zero-order valence-electron chi connectivity index (χ0n) is 19.9. The number of benzene rings is 1. The van der Waals surface area contributed by atoms with Crippen LogP contribution in [0.5, 0.6) is 5.75 Å². The van der Waals surface area contributed by atoms with Gasteiger partial charge in [0.2, 0.25) is 0 Å². The standard InChI is InChI=1S/C22H25F2N6O6P/c1-3-33-21(31)13(2)29-37(32,36-14-7-5-4-6-8-14)12-34-17-9-15(23)16(35-17)10-30-11-26-18-19(25)27-22(24)28-20(18)30/h4-9,11,13,16-17H,3,10,12H2,1-2H3,(H,29,32)(H2,25,27,28)/t13-,16-,17-,37?/m0/s1. The van der Waals surface area contributed by atoms with Gasteiger partial charge in [0, 0.05) is 6.08 Å². The smallest absolute Gasteiger partial charge is 0.342 e. The van der Waals surface area contributed by atoms with Crippen molar-refractivity contribution < 1.29 is 36.9 Å². The fourth-order valence-electron chi connectivity index (χ4n) is 3.50. The zero-order valence-corrected chi connectivity index (χ0v) is 20.8. The number of fused-ring (bicyclic) bond motifs is 1. The molecule has 4 rings (SSSR count). The predicted molar refractivity (Wildman–Crippen MR) is 127 cm³/mol. The lowest BCUT2D eigenvalue weighted by atomic mass is 10.3. The molecule has 1 aliphatic heterocycles. The van der Waals surface area contributed by atoms with Gasteiger partial charge in [-0.3, -0.25) is 9.36 Å². The molecule has 3 N–H and O–H groups in total. The summed E-state index contributed by atoms with van der Waals surface area (Å²) in [5.74, 6) is -1.17. The van der Waals surface area contributed by atoms with Crippen LogP contribution in [0.2, 0.25) is 0 Å². The molecule has 0 spiro atoms. The van der Waals surface area contributed by atoms with Crippen molar-refractivity contribution in [2.24, 2.45) is 0 Å². The van der Waals surface area contributed by atoms with E-state index in [0.29, 0.717) is 0 Å². The highest BCUT2D eigenvalue weighted by Gasteiger charge is 2.35. The summed E-state index contributed by atoms with van der Waals surface area (Å²) in [6.07, 6.45) is -1.57. The molecule has 2 aromatic heterocycles. The van der Waals surface area contributed by atoms with E-state index < -0.39 is 50.2 Å². The van der Waals surface area contributed by atoms with Crippen LogP contribution in [-0.2, 0) is 30.1 Å². The number of hydrogen-bond acceptors (Lipinski definition) is 10. The Labute approximate surface area is 210 Å². The van der Waals surface area contributed by atoms with Crippen molar-refractivity contribution in [1.82, 2.24) is 24.6 Å². The fraction of sp³-hybridized carbons (Fsp3) is 0.364. The molecular weight excluding hydrogens is 513 g/mol. The molecule has 0 bridgehead atoms. The summed E-state index contributed by atoms with van der Waals surface area (Å²) < 4.78 is 65.0. The average Bonchev–Trinajstić information content (AvgIpc) is 3.42. The second-order valence-corrected chi connectivity index (χ2v) is 10.0. The molecule has 1 aliphatic rings. The van der Waals surface area contributed by atoms with E-state index in [1.165, 1.54) is 17.8 Å². The number of carbonyl (C=O) groups excluding carboxylic acids is 1. The van der Waals surface area contributed by atoms with Crippen molar-refractivity contribution in [3.63, 3.8) is 0 Å². The SMILES string of the molecule is CCOC(=O)[C@H](C)NP(=O)(CO[C@@H]1C=C(F)[C@H](Cn2cnc3c(N)nc(F)nc32)O1)Oc1ccccc1. The molecule has 0 aliphatic carbocycles. The maximum Gasteiger partial charge on any atom is 0.342 e. The predicted octanol–water partition coefficient (Wildman–Crippen LogP) is 2.91. The summed E-state index contributed by atoms with van der Waals surface area (Å²) in [6.45, 7) is 3.14. The second kappa shape index (κ2) is 11.3. The Kier molecular flexibility index (Phi) is 8.13. The molecule has 0 saturated carbocycles. The van der Waals surface area contributed by atoms with Gasteiger partial charge in [-0.15, -0.1) is 0 Å². The van der Waals surface area contributed by atoms with E-state index in [1.807, 2.05) is 0 Å². The normalized spacial score (nSPS) is 19.8. The van der Waals surface area contributed by atoms with E-state index in [-0.39, 0.29) is 35.9 Å². The third-order valence-corrected chi connectivity index (χ3v) is 6.94. The summed E-state index contributed by atoms with van der Waals surface area (Å²) in [5, 5.41) is 2.63. The van der Waals surface area contributed by atoms with Crippen LogP contribution < -0.4 is 15.3 Å². The van der Waals surface area contributed by atoms with Gasteiger partial charge in [0.05, 0.1) is 19.5 Å². The largest absolute Gasteiger partial charge is 0.465 e. The molecule has 12 nitrogen and oxygen atoms in total. The number of hydrogen-bond donors (Lipinski definition) is 2. The van der Waals surface area contributed by atoms with Crippen LogP contribution in [-0.4, -0.2) is 56.9 Å². The minimum atomic E-state index is -3.86. The minimum absolute atomic E-state index is 0.0729. The van der Waals surface area contributed by atoms with Crippen molar-refractivity contribution in [3.8, 4) is 5.75 Å². The van der Waals surface area contributed by atoms with E-state index in [4.69, 9.17) is 24.5 Å². The van der Waals surface area contributed by atoms with Crippen LogP contribution in [0.25, 0.3) is 11.2 Å². The third-order valence-electron chi connectivity index (χ3n) is 5.16. The summed E-state index contributed by atoms with van der Waals surface area (Å²) >= 11 is 0. The van der Waals surface area contributed by atoms with Crippen LogP contribution in [0.15, 0.2) is 48.6 Å². The Morgan fingerprint density at radius 1 is 1.30 bits per heavy atom. The monoisotopic (exact) mass is 538 g/mol. The van der Waals surface area contributed by atoms with E-state index >= 15 is 0 Å². The summed E-state index contributed by atoms with van der Waals surface area (Å²) in [4.78, 5) is 23.2. The fourth-order valence-corrected chi connectivity index (χ4v) is 5.18. The van der Waals surface area contributed by atoms with E-state index in [9.17, 15) is 18.1 Å². The number of ether oxygens (including phenoxy) is 3. The number of esters is 1. The second-order valence-electron chi connectivity index (χ2n) is 7.97. The number of nitrogen functional groups attached to an aromatic ring is 1. The van der Waals surface area contributed by atoms with Gasteiger partial charge in [0.25, 0.3) is 0 Å². The molecule has 1 unspecified atom stereocenters. The highest BCUT2D eigenvalue weighted by Crippen LogP contribution is 2.44. The van der Waals surface area contributed by atoms with Crippen LogP contribution in [0.3, 0.4) is 0 Å². The van der Waals surface area contributed by atoms with Crippen LogP contribution >= 0.6 is 7.52 Å². The van der Waals surface area contributed by atoms with Crippen LogP contribution in [0.4, 0.5) is 14.6 Å². The number of imidazole rings is 1. The van der Waals surface area contributed by atoms with Gasteiger partial charge in [-0.1, -0.05) is 18.2 Å². The molecule has 4 atom stereocenters. The highest BCUT2D eigenvalue weighted by molar-refractivity contribution is 7.57. The number of anilines is 1. The van der Waals surface area contributed by atoms with E-state index in [1.54, 1.807) is 37.3 Å². The molecule has 198 valence electrons. The van der Waals surface area contributed by atoms with Crippen molar-refractivity contribution in [1.29, 1.82) is 0 Å². The maximum atomic E-state index is 14.7. The molecular formula is C22H25F2N6O6P. The van der Waals surface area contributed by atoms with Gasteiger partial charge in [-0.05, 0) is 26.0 Å². The Bertz CT molecular complexity index is 1340. The first kappa shape index (κ1) is 26.6. The number of halogens is 2. The van der Waals surface area contributed by atoms with Gasteiger partial charge in [-0.2, -0.15) is 14.4 Å². The molecule has 1 aromatic carbocycles. The highest BCUT2D eigenvalue weighted by atomic mass is 31.2. The molecule has 3 heterocycles. The average molecular weight is 538 g/mol. The molecule has 0 amide bonds. The molecule has 0 fully saturated rings. The van der Waals surface area contributed by atoms with Crippen LogP contribution in [0, 0.1) is 6.08 Å². The van der Waals surface area contributed by atoms with Gasteiger partial charge in [0.15, 0.2) is 24.1 Å². The van der Waals surface area contributed by atoms with Crippen LogP contribution in [0.1, 0.15) is 13.8 Å². The van der Waals surface area contributed by atoms with Gasteiger partial charge in [-0.25, -0.2) is 14.5 Å². The number of carbonyl (C=O) groups is 1. The molecule has 0 radical (unpaired) electrons. The number of nitrogens with two attached hydrogens (primary N) is 1. The zero-order chi connectivity index (χ0) is 26.6. The third kappa shape index (κ3) is 6.46. The minimum Gasteiger partial charge on any atom is -0.465 e. The van der Waals surface area contributed by atoms with E-state index in [2.05, 4.69) is 20.0 Å². The topological polar surface area (TPSA) is 153 Å². The van der Waals surface area contributed by atoms with Gasteiger partial charge >= 0.3 is 19.6 Å². The first-order valence-corrected chi connectivity index (χ1v) is 13.0. The summed E-state index contributed by atoms with van der Waals surface area (Å²) in [6, 6.07) is 7.30. The van der Waals surface area contributed by atoms with Crippen molar-refractivity contribution in [3.05, 3.63) is 54.6 Å². The number of aromatic nitrogens is 4. The van der Waals surface area contributed by atoms with Gasteiger partial charge < -0.3 is 29.0 Å². The summed E-state index contributed by atoms with van der Waals surface area (Å²) in [5.41, 5.74) is 5.89. The first-order chi connectivity index (χ1) is 17.7. The quantitative estimate of drug-likeness (QED) is 0.210. The number of rotatable bonds is 11. The Morgan fingerprint density at radius 3 is 2.78 bits per heavy atom. The molecule has 37 heavy (non-hydrogen) atoms. The number of para-hydroxylation sites is 1. The Hall–Kier alpha value is -3.45.